The highest BCUT2D eigenvalue weighted by Gasteiger charge is 2.34. The van der Waals surface area contributed by atoms with Gasteiger partial charge >= 0.3 is 0 Å². The first-order valence-corrected chi connectivity index (χ1v) is 9.98. The molecule has 1 amide bonds. The smallest absolute Gasteiger partial charge is 0.244 e. The Labute approximate surface area is 162 Å². The molecule has 0 spiro atoms. The molecule has 2 rings (SSSR count). The summed E-state index contributed by atoms with van der Waals surface area (Å²) in [4.78, 5) is 13.5. The summed E-state index contributed by atoms with van der Waals surface area (Å²) >= 11 is 11.9. The molecule has 1 aliphatic heterocycles. The van der Waals surface area contributed by atoms with Crippen molar-refractivity contribution in [2.45, 2.75) is 17.7 Å². The van der Waals surface area contributed by atoms with E-state index in [0.717, 1.165) is 0 Å². The van der Waals surface area contributed by atoms with Crippen LogP contribution in [0.15, 0.2) is 23.1 Å². The van der Waals surface area contributed by atoms with E-state index in [1.54, 1.807) is 0 Å². The predicted octanol–water partition coefficient (Wildman–Crippen LogP) is 2.27. The number of nitriles is 2. The Balaban J connectivity index is 2.10. The van der Waals surface area contributed by atoms with Gasteiger partial charge in [-0.1, -0.05) is 23.2 Å². The number of rotatable bonds is 5. The molecule has 1 aliphatic rings. The molecule has 1 aromatic rings. The molecule has 1 heterocycles. The van der Waals surface area contributed by atoms with E-state index in [-0.39, 0.29) is 47.0 Å². The molecule has 0 aromatic heterocycles. The number of hydrogen-bond acceptors (Lipinski definition) is 5. The van der Waals surface area contributed by atoms with Crippen LogP contribution < -0.4 is 0 Å². The molecule has 7 nitrogen and oxygen atoms in total. The Kier molecular flexibility index (Phi) is 6.85. The Morgan fingerprint density at radius 1 is 1.19 bits per heavy atom. The molecule has 0 unspecified atom stereocenters. The molecule has 0 saturated carbocycles. The van der Waals surface area contributed by atoms with Crippen molar-refractivity contribution in [3.8, 4) is 12.1 Å². The maximum Gasteiger partial charge on any atom is 0.244 e. The lowest BCUT2D eigenvalue weighted by atomic mass is 9.96. The van der Waals surface area contributed by atoms with Crippen molar-refractivity contribution in [1.29, 1.82) is 10.5 Å². The average molecular weight is 415 g/mol. The van der Waals surface area contributed by atoms with Crippen LogP contribution in [0.25, 0.3) is 0 Å². The molecule has 0 atom stereocenters. The van der Waals surface area contributed by atoms with Gasteiger partial charge in [-0.05, 0) is 31.0 Å². The monoisotopic (exact) mass is 414 g/mol. The fourth-order valence-corrected chi connectivity index (χ4v) is 5.00. The first kappa shape index (κ1) is 20.5. The molecule has 1 saturated heterocycles. The van der Waals surface area contributed by atoms with Crippen molar-refractivity contribution in [3.05, 3.63) is 28.2 Å². The highest BCUT2D eigenvalue weighted by atomic mass is 35.5. The molecule has 0 radical (unpaired) electrons. The number of carbonyl (C=O) groups excluding carboxylic acids is 1. The lowest BCUT2D eigenvalue weighted by Gasteiger charge is -2.32. The van der Waals surface area contributed by atoms with Crippen LogP contribution in [0.5, 0.6) is 0 Å². The summed E-state index contributed by atoms with van der Waals surface area (Å²) in [5.74, 6) is -0.719. The minimum atomic E-state index is -3.82. The number of halogens is 2. The summed E-state index contributed by atoms with van der Waals surface area (Å²) in [6, 6.07) is 7.95. The lowest BCUT2D eigenvalue weighted by molar-refractivity contribution is -0.135. The zero-order valence-electron chi connectivity index (χ0n) is 13.7. The van der Waals surface area contributed by atoms with E-state index in [4.69, 9.17) is 33.7 Å². The van der Waals surface area contributed by atoms with Crippen LogP contribution in [-0.4, -0.2) is 49.7 Å². The third-order valence-corrected chi connectivity index (χ3v) is 6.76. The molecular weight excluding hydrogens is 399 g/mol. The van der Waals surface area contributed by atoms with Crippen LogP contribution in [-0.2, 0) is 14.8 Å². The number of piperidine rings is 1. The molecule has 26 heavy (non-hydrogen) atoms. The fraction of sp³-hybridized carbons (Fsp3) is 0.438. The fourth-order valence-electron chi connectivity index (χ4n) is 2.80. The number of nitrogens with zero attached hydrogens (tertiary/aromatic N) is 4. The Morgan fingerprint density at radius 2 is 1.77 bits per heavy atom. The van der Waals surface area contributed by atoms with Crippen LogP contribution >= 0.6 is 23.2 Å². The van der Waals surface area contributed by atoms with Gasteiger partial charge in [-0.25, -0.2) is 8.42 Å². The number of carbonyl (C=O) groups is 1. The normalized spacial score (nSPS) is 15.8. The van der Waals surface area contributed by atoms with Crippen LogP contribution in [0.4, 0.5) is 0 Å². The van der Waals surface area contributed by atoms with E-state index in [2.05, 4.69) is 0 Å². The van der Waals surface area contributed by atoms with Gasteiger partial charge in [-0.3, -0.25) is 4.79 Å². The lowest BCUT2D eigenvalue weighted by Crippen LogP contribution is -2.44. The second-order valence-electron chi connectivity index (χ2n) is 5.76. The summed E-state index contributed by atoms with van der Waals surface area (Å²) in [6.45, 7) is -0.0326. The molecular formula is C16H16Cl2N4O3S. The Bertz CT molecular complexity index is 852. The van der Waals surface area contributed by atoms with E-state index in [9.17, 15) is 13.2 Å². The van der Waals surface area contributed by atoms with Gasteiger partial charge in [0.2, 0.25) is 15.9 Å². The minimum absolute atomic E-state index is 0.0629. The maximum absolute atomic E-state index is 12.8. The highest BCUT2D eigenvalue weighted by Crippen LogP contribution is 2.30. The first-order valence-electron chi connectivity index (χ1n) is 7.79. The molecule has 0 aliphatic carbocycles. The number of benzene rings is 1. The summed E-state index contributed by atoms with van der Waals surface area (Å²) in [6.07, 6.45) is 0.618. The molecule has 138 valence electrons. The van der Waals surface area contributed by atoms with Crippen LogP contribution in [0.1, 0.15) is 12.8 Å². The van der Waals surface area contributed by atoms with Crippen molar-refractivity contribution < 1.29 is 13.2 Å². The van der Waals surface area contributed by atoms with E-state index >= 15 is 0 Å². The van der Waals surface area contributed by atoms with Crippen LogP contribution in [0, 0.1) is 28.6 Å². The van der Waals surface area contributed by atoms with E-state index in [1.807, 2.05) is 12.1 Å². The van der Waals surface area contributed by atoms with Crippen molar-refractivity contribution in [1.82, 2.24) is 9.21 Å². The highest BCUT2D eigenvalue weighted by molar-refractivity contribution is 7.89. The maximum atomic E-state index is 12.8. The van der Waals surface area contributed by atoms with Crippen molar-refractivity contribution in [2.24, 2.45) is 5.92 Å². The van der Waals surface area contributed by atoms with Gasteiger partial charge in [0, 0.05) is 24.0 Å². The van der Waals surface area contributed by atoms with Crippen molar-refractivity contribution in [2.75, 3.05) is 26.2 Å². The summed E-state index contributed by atoms with van der Waals surface area (Å²) < 4.78 is 26.8. The minimum Gasteiger partial charge on any atom is -0.316 e. The van der Waals surface area contributed by atoms with Gasteiger partial charge < -0.3 is 4.90 Å². The quantitative estimate of drug-likeness (QED) is 0.686. The Hall–Kier alpha value is -1.84. The van der Waals surface area contributed by atoms with Gasteiger partial charge in [0.1, 0.15) is 18.0 Å². The molecule has 0 N–H and O–H groups in total. The van der Waals surface area contributed by atoms with E-state index in [1.165, 1.54) is 27.4 Å². The zero-order chi connectivity index (χ0) is 19.3. The standard InChI is InChI=1S/C16H16Cl2N4O3S/c17-13-1-2-14(18)15(11-13)26(24,25)22-7-3-12(4-8-22)16(23)21(9-5-19)10-6-20/h1-2,11-12H,3-4,7-10H2. The van der Waals surface area contributed by atoms with Gasteiger partial charge in [0.25, 0.3) is 0 Å². The molecule has 1 aromatic carbocycles. The third kappa shape index (κ3) is 4.46. The number of sulfonamides is 1. The third-order valence-electron chi connectivity index (χ3n) is 4.15. The van der Waals surface area contributed by atoms with Crippen molar-refractivity contribution >= 4 is 39.1 Å². The van der Waals surface area contributed by atoms with E-state index < -0.39 is 15.9 Å². The second-order valence-corrected chi connectivity index (χ2v) is 8.51. The topological polar surface area (TPSA) is 105 Å². The summed E-state index contributed by atoms with van der Waals surface area (Å²) in [7, 11) is -3.82. The average Bonchev–Trinajstić information content (AvgIpc) is 2.63. The van der Waals surface area contributed by atoms with E-state index in [0.29, 0.717) is 12.8 Å². The van der Waals surface area contributed by atoms with Crippen molar-refractivity contribution in [3.63, 3.8) is 0 Å². The SMILES string of the molecule is N#CCN(CC#N)C(=O)C1CCN(S(=O)(=O)c2cc(Cl)ccc2Cl)CC1. The second kappa shape index (κ2) is 8.70. The molecule has 10 heteroatoms. The molecule has 1 fully saturated rings. The zero-order valence-corrected chi connectivity index (χ0v) is 16.1. The van der Waals surface area contributed by atoms with Crippen LogP contribution in [0.3, 0.4) is 0 Å². The van der Waals surface area contributed by atoms with Gasteiger partial charge in [0.15, 0.2) is 0 Å². The van der Waals surface area contributed by atoms with Gasteiger partial charge in [-0.15, -0.1) is 0 Å². The number of hydrogen-bond donors (Lipinski definition) is 0. The first-order chi connectivity index (χ1) is 12.3. The van der Waals surface area contributed by atoms with Crippen LogP contribution in [0.2, 0.25) is 10.0 Å². The largest absolute Gasteiger partial charge is 0.316 e. The van der Waals surface area contributed by atoms with Gasteiger partial charge in [0.05, 0.1) is 17.2 Å². The van der Waals surface area contributed by atoms with Gasteiger partial charge in [-0.2, -0.15) is 14.8 Å². The summed E-state index contributed by atoms with van der Waals surface area (Å²) in [5, 5.41) is 17.9. The molecule has 0 bridgehead atoms. The number of amides is 1. The Morgan fingerprint density at radius 3 is 2.31 bits per heavy atom. The summed E-state index contributed by atoms with van der Waals surface area (Å²) in [5.41, 5.74) is 0. The predicted molar refractivity (Wildman–Crippen MR) is 95.8 cm³/mol.